The van der Waals surface area contributed by atoms with Crippen LogP contribution in [0.1, 0.15) is 19.4 Å². The Labute approximate surface area is 154 Å². The van der Waals surface area contributed by atoms with Gasteiger partial charge in [0.05, 0.1) is 19.8 Å². The summed E-state index contributed by atoms with van der Waals surface area (Å²) in [7, 11) is 0. The van der Waals surface area contributed by atoms with Gasteiger partial charge in [0.25, 0.3) is 0 Å². The van der Waals surface area contributed by atoms with Gasteiger partial charge in [0, 0.05) is 37.4 Å². The van der Waals surface area contributed by atoms with Gasteiger partial charge in [0.15, 0.2) is 0 Å². The standard InChI is InChI=1S/C19H27N3O4/c1-3-26-18(23)9-6-16-4-7-17(8-5-16)21-19(24)20-14-15(2)22-10-12-25-13-11-22/h4-9,15H,3,10-14H2,1-2H3,(H2,20,21,24)/b9-6+. The van der Waals surface area contributed by atoms with E-state index in [-0.39, 0.29) is 18.0 Å². The summed E-state index contributed by atoms with van der Waals surface area (Å²) in [5.41, 5.74) is 1.54. The highest BCUT2D eigenvalue weighted by molar-refractivity contribution is 5.90. The maximum atomic E-state index is 12.0. The first-order valence-corrected chi connectivity index (χ1v) is 8.90. The van der Waals surface area contributed by atoms with Crippen LogP contribution in [0.4, 0.5) is 10.5 Å². The molecule has 142 valence electrons. The summed E-state index contributed by atoms with van der Waals surface area (Å²) in [6.07, 6.45) is 3.05. The van der Waals surface area contributed by atoms with E-state index in [1.807, 2.05) is 12.1 Å². The Bertz CT molecular complexity index is 610. The molecular weight excluding hydrogens is 334 g/mol. The van der Waals surface area contributed by atoms with Gasteiger partial charge < -0.3 is 20.1 Å². The van der Waals surface area contributed by atoms with Crippen LogP contribution in [0.5, 0.6) is 0 Å². The summed E-state index contributed by atoms with van der Waals surface area (Å²) < 4.78 is 10.2. The minimum atomic E-state index is -0.372. The number of benzene rings is 1. The maximum absolute atomic E-state index is 12.0. The first-order chi connectivity index (χ1) is 12.6. The third kappa shape index (κ3) is 6.85. The van der Waals surface area contributed by atoms with Crippen LogP contribution < -0.4 is 10.6 Å². The zero-order valence-corrected chi connectivity index (χ0v) is 15.4. The zero-order valence-electron chi connectivity index (χ0n) is 15.4. The van der Waals surface area contributed by atoms with E-state index in [4.69, 9.17) is 9.47 Å². The molecule has 1 aliphatic heterocycles. The van der Waals surface area contributed by atoms with Crippen LogP contribution in [0.25, 0.3) is 6.08 Å². The van der Waals surface area contributed by atoms with Crippen LogP contribution in [0.2, 0.25) is 0 Å². The predicted octanol–water partition coefficient (Wildman–Crippen LogP) is 2.11. The number of hydrogen-bond donors (Lipinski definition) is 2. The molecule has 7 nitrogen and oxygen atoms in total. The van der Waals surface area contributed by atoms with E-state index in [9.17, 15) is 9.59 Å². The summed E-state index contributed by atoms with van der Waals surface area (Å²) >= 11 is 0. The molecule has 1 unspecified atom stereocenters. The summed E-state index contributed by atoms with van der Waals surface area (Å²) in [5.74, 6) is -0.372. The number of esters is 1. The molecule has 1 aromatic rings. The average Bonchev–Trinajstić information content (AvgIpc) is 2.66. The molecule has 1 heterocycles. The number of carbonyl (C=O) groups is 2. The molecule has 2 amide bonds. The van der Waals surface area contributed by atoms with E-state index >= 15 is 0 Å². The molecule has 0 aromatic heterocycles. The largest absolute Gasteiger partial charge is 0.463 e. The minimum Gasteiger partial charge on any atom is -0.463 e. The summed E-state index contributed by atoms with van der Waals surface area (Å²) in [5, 5.41) is 5.69. The lowest BCUT2D eigenvalue weighted by Gasteiger charge is -2.32. The lowest BCUT2D eigenvalue weighted by atomic mass is 10.2. The Morgan fingerprint density at radius 2 is 1.96 bits per heavy atom. The SMILES string of the molecule is CCOC(=O)/C=C/c1ccc(NC(=O)NCC(C)N2CCOCC2)cc1. The molecule has 0 saturated carbocycles. The van der Waals surface area contributed by atoms with Gasteiger partial charge in [-0.05, 0) is 37.6 Å². The van der Waals surface area contributed by atoms with Crippen molar-refractivity contribution in [3.8, 4) is 0 Å². The van der Waals surface area contributed by atoms with Crippen molar-refractivity contribution in [3.05, 3.63) is 35.9 Å². The first kappa shape index (κ1) is 19.9. The lowest BCUT2D eigenvalue weighted by molar-refractivity contribution is -0.137. The quantitative estimate of drug-likeness (QED) is 0.574. The van der Waals surface area contributed by atoms with Gasteiger partial charge >= 0.3 is 12.0 Å². The number of hydrogen-bond acceptors (Lipinski definition) is 5. The summed E-state index contributed by atoms with van der Waals surface area (Å²) in [6, 6.07) is 7.25. The van der Waals surface area contributed by atoms with Crippen molar-refractivity contribution < 1.29 is 19.1 Å². The highest BCUT2D eigenvalue weighted by Crippen LogP contribution is 2.11. The number of nitrogens with zero attached hydrogens (tertiary/aromatic N) is 1. The number of carbonyl (C=O) groups excluding carboxylic acids is 2. The van der Waals surface area contributed by atoms with E-state index < -0.39 is 0 Å². The van der Waals surface area contributed by atoms with Gasteiger partial charge in [-0.2, -0.15) is 0 Å². The summed E-state index contributed by atoms with van der Waals surface area (Å²) in [6.45, 7) is 8.06. The molecule has 2 rings (SSSR count). The highest BCUT2D eigenvalue weighted by atomic mass is 16.5. The predicted molar refractivity (Wildman–Crippen MR) is 101 cm³/mol. The Kier molecular flexibility index (Phi) is 8.11. The normalized spacial score (nSPS) is 16.2. The number of morpholine rings is 1. The Morgan fingerprint density at radius 1 is 1.27 bits per heavy atom. The number of ether oxygens (including phenoxy) is 2. The van der Waals surface area contributed by atoms with Crippen molar-refractivity contribution in [3.63, 3.8) is 0 Å². The number of amides is 2. The van der Waals surface area contributed by atoms with Gasteiger partial charge in [-0.1, -0.05) is 12.1 Å². The van der Waals surface area contributed by atoms with E-state index in [0.717, 1.165) is 31.9 Å². The molecule has 26 heavy (non-hydrogen) atoms. The highest BCUT2D eigenvalue weighted by Gasteiger charge is 2.17. The van der Waals surface area contributed by atoms with Gasteiger partial charge in [0.2, 0.25) is 0 Å². The van der Waals surface area contributed by atoms with E-state index in [0.29, 0.717) is 18.8 Å². The second kappa shape index (κ2) is 10.6. The van der Waals surface area contributed by atoms with E-state index in [2.05, 4.69) is 22.5 Å². The third-order valence-electron chi connectivity index (χ3n) is 4.09. The minimum absolute atomic E-state index is 0.236. The second-order valence-electron chi connectivity index (χ2n) is 6.04. The van der Waals surface area contributed by atoms with Crippen LogP contribution in [-0.2, 0) is 14.3 Å². The van der Waals surface area contributed by atoms with Crippen molar-refractivity contribution in [1.82, 2.24) is 10.2 Å². The summed E-state index contributed by atoms with van der Waals surface area (Å²) in [4.78, 5) is 25.6. The average molecular weight is 361 g/mol. The Hall–Kier alpha value is -2.38. The van der Waals surface area contributed by atoms with E-state index in [1.165, 1.54) is 6.08 Å². The molecule has 7 heteroatoms. The number of rotatable bonds is 7. The first-order valence-electron chi connectivity index (χ1n) is 8.90. The van der Waals surface area contributed by atoms with Crippen molar-refractivity contribution in [2.24, 2.45) is 0 Å². The third-order valence-corrected chi connectivity index (χ3v) is 4.09. The number of anilines is 1. The van der Waals surface area contributed by atoms with Crippen molar-refractivity contribution in [1.29, 1.82) is 0 Å². The fourth-order valence-electron chi connectivity index (χ4n) is 2.60. The van der Waals surface area contributed by atoms with Crippen LogP contribution >= 0.6 is 0 Å². The van der Waals surface area contributed by atoms with Crippen LogP contribution in [0.3, 0.4) is 0 Å². The Balaban J connectivity index is 1.75. The number of urea groups is 1. The van der Waals surface area contributed by atoms with Crippen LogP contribution in [0, 0.1) is 0 Å². The molecule has 1 fully saturated rings. The molecule has 1 aromatic carbocycles. The van der Waals surface area contributed by atoms with Crippen LogP contribution in [-0.4, -0.2) is 62.4 Å². The van der Waals surface area contributed by atoms with E-state index in [1.54, 1.807) is 25.1 Å². The molecule has 1 atom stereocenters. The molecule has 0 bridgehead atoms. The van der Waals surface area contributed by atoms with Crippen molar-refractivity contribution in [2.45, 2.75) is 19.9 Å². The molecule has 0 radical (unpaired) electrons. The van der Waals surface area contributed by atoms with Crippen LogP contribution in [0.15, 0.2) is 30.3 Å². The van der Waals surface area contributed by atoms with Crippen molar-refractivity contribution in [2.75, 3.05) is 44.8 Å². The second-order valence-corrected chi connectivity index (χ2v) is 6.04. The monoisotopic (exact) mass is 361 g/mol. The molecular formula is C19H27N3O4. The van der Waals surface area contributed by atoms with Crippen molar-refractivity contribution >= 4 is 23.8 Å². The number of nitrogens with one attached hydrogen (secondary N) is 2. The molecule has 2 N–H and O–H groups in total. The van der Waals surface area contributed by atoms with Gasteiger partial charge in [0.1, 0.15) is 0 Å². The van der Waals surface area contributed by atoms with Gasteiger partial charge in [-0.25, -0.2) is 9.59 Å². The lowest BCUT2D eigenvalue weighted by Crippen LogP contribution is -2.47. The maximum Gasteiger partial charge on any atom is 0.330 e. The molecule has 0 aliphatic carbocycles. The van der Waals surface area contributed by atoms with Gasteiger partial charge in [-0.15, -0.1) is 0 Å². The molecule has 0 spiro atoms. The fraction of sp³-hybridized carbons (Fsp3) is 0.474. The fourth-order valence-corrected chi connectivity index (χ4v) is 2.60. The molecule has 1 saturated heterocycles. The topological polar surface area (TPSA) is 79.9 Å². The smallest absolute Gasteiger partial charge is 0.330 e. The molecule has 1 aliphatic rings. The Morgan fingerprint density at radius 3 is 2.62 bits per heavy atom. The zero-order chi connectivity index (χ0) is 18.8. The van der Waals surface area contributed by atoms with Gasteiger partial charge in [-0.3, -0.25) is 4.90 Å².